The van der Waals surface area contributed by atoms with Crippen LogP contribution in [0.15, 0.2) is 42.5 Å². The fourth-order valence-electron chi connectivity index (χ4n) is 1.44. The van der Waals surface area contributed by atoms with Crippen molar-refractivity contribution in [2.24, 2.45) is 0 Å². The third-order valence-corrected chi connectivity index (χ3v) is 3.46. The first-order valence-electron chi connectivity index (χ1n) is 5.12. The number of hydrogen-bond acceptors (Lipinski definition) is 2. The summed E-state index contributed by atoms with van der Waals surface area (Å²) in [5.74, 6) is -0.243. The van der Waals surface area contributed by atoms with E-state index in [2.05, 4.69) is 5.32 Å². The van der Waals surface area contributed by atoms with Crippen LogP contribution < -0.4 is 5.32 Å². The third kappa shape index (κ3) is 2.94. The van der Waals surface area contributed by atoms with E-state index in [-0.39, 0.29) is 11.7 Å². The van der Waals surface area contributed by atoms with Gasteiger partial charge >= 0.3 is 0 Å². The van der Waals surface area contributed by atoms with Crippen molar-refractivity contribution >= 4 is 45.8 Å². The smallest absolute Gasteiger partial charge is 0.256 e. The van der Waals surface area contributed by atoms with Gasteiger partial charge in [0.1, 0.15) is 5.75 Å². The second-order valence-electron chi connectivity index (χ2n) is 3.60. The van der Waals surface area contributed by atoms with Crippen molar-refractivity contribution < 1.29 is 9.90 Å². The van der Waals surface area contributed by atoms with Gasteiger partial charge < -0.3 is 10.4 Å². The molecule has 0 saturated heterocycles. The Labute approximate surface area is 123 Å². The number of amides is 1. The summed E-state index contributed by atoms with van der Waals surface area (Å²) < 4.78 is 0.757. The molecule has 2 aromatic rings. The molecule has 0 atom stereocenters. The van der Waals surface area contributed by atoms with E-state index in [1.54, 1.807) is 36.4 Å². The Bertz CT molecular complexity index is 601. The molecule has 0 saturated carbocycles. The topological polar surface area (TPSA) is 49.3 Å². The molecule has 0 heterocycles. The lowest BCUT2D eigenvalue weighted by Crippen LogP contribution is -2.13. The maximum Gasteiger partial charge on any atom is 0.256 e. The molecule has 5 heteroatoms. The predicted molar refractivity (Wildman–Crippen MR) is 80.2 cm³/mol. The fourth-order valence-corrected chi connectivity index (χ4v) is 2.56. The van der Waals surface area contributed by atoms with Crippen LogP contribution in [0.5, 0.6) is 5.75 Å². The number of halogens is 2. The van der Waals surface area contributed by atoms with Crippen LogP contribution in [0, 0.1) is 3.57 Å². The molecule has 2 N–H and O–H groups in total. The van der Waals surface area contributed by atoms with Gasteiger partial charge in [0.15, 0.2) is 0 Å². The monoisotopic (exact) mass is 373 g/mol. The third-order valence-electron chi connectivity index (χ3n) is 2.33. The molecule has 0 radical (unpaired) electrons. The quantitative estimate of drug-likeness (QED) is 0.619. The summed E-state index contributed by atoms with van der Waals surface area (Å²) in [7, 11) is 0. The molecule has 92 valence electrons. The Morgan fingerprint density at radius 1 is 1.22 bits per heavy atom. The molecule has 0 spiro atoms. The average Bonchev–Trinajstić information content (AvgIpc) is 2.32. The van der Waals surface area contributed by atoms with Crippen molar-refractivity contribution in [2.45, 2.75) is 0 Å². The molecule has 0 aliphatic carbocycles. The van der Waals surface area contributed by atoms with Gasteiger partial charge in [-0.2, -0.15) is 0 Å². The summed E-state index contributed by atoms with van der Waals surface area (Å²) in [6, 6.07) is 11.6. The molecule has 2 rings (SSSR count). The summed E-state index contributed by atoms with van der Waals surface area (Å²) >= 11 is 7.88. The molecule has 1 amide bonds. The van der Waals surface area contributed by atoms with Crippen LogP contribution in [-0.4, -0.2) is 11.0 Å². The van der Waals surface area contributed by atoms with Crippen LogP contribution in [0.1, 0.15) is 10.4 Å². The van der Waals surface area contributed by atoms with E-state index in [1.165, 1.54) is 6.07 Å². The Hall–Kier alpha value is -1.27. The van der Waals surface area contributed by atoms with Crippen molar-refractivity contribution in [3.63, 3.8) is 0 Å². The molecule has 0 unspecified atom stereocenters. The standard InChI is InChI=1S/C13H9ClINO2/c14-8-5-6-9(10(15)7-8)13(18)16-11-3-1-2-4-12(11)17/h1-7,17H,(H,16,18). The maximum atomic E-state index is 12.0. The van der Waals surface area contributed by atoms with Gasteiger partial charge in [-0.25, -0.2) is 0 Å². The molecule has 2 aromatic carbocycles. The SMILES string of the molecule is O=C(Nc1ccccc1O)c1ccc(Cl)cc1I. The summed E-state index contributed by atoms with van der Waals surface area (Å²) in [6.45, 7) is 0. The van der Waals surface area contributed by atoms with Gasteiger partial charge in [0, 0.05) is 8.59 Å². The lowest BCUT2D eigenvalue weighted by molar-refractivity contribution is 0.102. The van der Waals surface area contributed by atoms with Crippen molar-refractivity contribution in [2.75, 3.05) is 5.32 Å². The number of hydrogen-bond donors (Lipinski definition) is 2. The highest BCUT2D eigenvalue weighted by atomic mass is 127. The van der Waals surface area contributed by atoms with Gasteiger partial charge in [-0.05, 0) is 52.9 Å². The number of carbonyl (C=O) groups excluding carboxylic acids is 1. The first-order chi connectivity index (χ1) is 8.58. The summed E-state index contributed by atoms with van der Waals surface area (Å²) in [5.41, 5.74) is 0.900. The van der Waals surface area contributed by atoms with Gasteiger partial charge in [0.25, 0.3) is 5.91 Å². The lowest BCUT2D eigenvalue weighted by Gasteiger charge is -2.08. The van der Waals surface area contributed by atoms with Gasteiger partial charge in [-0.15, -0.1) is 0 Å². The molecular formula is C13H9ClINO2. The Morgan fingerprint density at radius 3 is 2.61 bits per heavy atom. The summed E-state index contributed by atoms with van der Waals surface area (Å²) in [6.07, 6.45) is 0. The Balaban J connectivity index is 2.25. The molecule has 0 bridgehead atoms. The first kappa shape index (κ1) is 13.2. The number of anilines is 1. The van der Waals surface area contributed by atoms with Crippen LogP contribution >= 0.6 is 34.2 Å². The second-order valence-corrected chi connectivity index (χ2v) is 5.19. The number of para-hydroxylation sites is 2. The fraction of sp³-hybridized carbons (Fsp3) is 0. The molecule has 0 aromatic heterocycles. The zero-order chi connectivity index (χ0) is 13.1. The predicted octanol–water partition coefficient (Wildman–Crippen LogP) is 3.90. The van der Waals surface area contributed by atoms with Gasteiger partial charge in [0.05, 0.1) is 11.3 Å². The lowest BCUT2D eigenvalue weighted by atomic mass is 10.2. The van der Waals surface area contributed by atoms with Gasteiger partial charge in [-0.1, -0.05) is 23.7 Å². The van der Waals surface area contributed by atoms with Gasteiger partial charge in [-0.3, -0.25) is 4.79 Å². The minimum absolute atomic E-state index is 0.0369. The van der Waals surface area contributed by atoms with Crippen molar-refractivity contribution in [3.8, 4) is 5.75 Å². The van der Waals surface area contributed by atoms with Gasteiger partial charge in [0.2, 0.25) is 0 Å². The molecule has 3 nitrogen and oxygen atoms in total. The summed E-state index contributed by atoms with van der Waals surface area (Å²) in [5, 5.41) is 12.8. The largest absolute Gasteiger partial charge is 0.506 e. The minimum Gasteiger partial charge on any atom is -0.506 e. The maximum absolute atomic E-state index is 12.0. The van der Waals surface area contributed by atoms with E-state index in [1.807, 2.05) is 22.6 Å². The Kier molecular flexibility index (Phi) is 4.08. The number of phenolic OH excluding ortho intramolecular Hbond substituents is 1. The molecule has 0 aliphatic heterocycles. The number of rotatable bonds is 2. The highest BCUT2D eigenvalue weighted by Crippen LogP contribution is 2.24. The number of carbonyl (C=O) groups is 1. The first-order valence-corrected chi connectivity index (χ1v) is 6.58. The summed E-state index contributed by atoms with van der Waals surface area (Å²) in [4.78, 5) is 12.0. The molecular weight excluding hydrogens is 365 g/mol. The van der Waals surface area contributed by atoms with Crippen molar-refractivity contribution in [1.82, 2.24) is 0 Å². The van der Waals surface area contributed by atoms with Crippen molar-refractivity contribution in [3.05, 3.63) is 56.6 Å². The van der Waals surface area contributed by atoms with E-state index in [9.17, 15) is 9.90 Å². The Morgan fingerprint density at radius 2 is 1.94 bits per heavy atom. The van der Waals surface area contributed by atoms with Crippen LogP contribution in [0.4, 0.5) is 5.69 Å². The second kappa shape index (κ2) is 5.58. The van der Waals surface area contributed by atoms with Crippen LogP contribution in [0.25, 0.3) is 0 Å². The average molecular weight is 374 g/mol. The van der Waals surface area contributed by atoms with E-state index in [4.69, 9.17) is 11.6 Å². The molecule has 0 fully saturated rings. The van der Waals surface area contributed by atoms with E-state index in [0.29, 0.717) is 16.3 Å². The zero-order valence-corrected chi connectivity index (χ0v) is 12.1. The highest BCUT2D eigenvalue weighted by Gasteiger charge is 2.11. The molecule has 18 heavy (non-hydrogen) atoms. The molecule has 0 aliphatic rings. The number of nitrogens with one attached hydrogen (secondary N) is 1. The van der Waals surface area contributed by atoms with Crippen LogP contribution in [0.2, 0.25) is 5.02 Å². The normalized spacial score (nSPS) is 10.1. The van der Waals surface area contributed by atoms with E-state index in [0.717, 1.165) is 3.57 Å². The minimum atomic E-state index is -0.280. The van der Waals surface area contributed by atoms with E-state index >= 15 is 0 Å². The van der Waals surface area contributed by atoms with Crippen LogP contribution in [-0.2, 0) is 0 Å². The zero-order valence-electron chi connectivity index (χ0n) is 9.15. The number of phenols is 1. The van der Waals surface area contributed by atoms with E-state index < -0.39 is 0 Å². The number of aromatic hydroxyl groups is 1. The van der Waals surface area contributed by atoms with Crippen LogP contribution in [0.3, 0.4) is 0 Å². The number of benzene rings is 2. The van der Waals surface area contributed by atoms with Crippen molar-refractivity contribution in [1.29, 1.82) is 0 Å². The highest BCUT2D eigenvalue weighted by molar-refractivity contribution is 14.1.